The predicted molar refractivity (Wildman–Crippen MR) is 78.0 cm³/mol. The van der Waals surface area contributed by atoms with E-state index in [9.17, 15) is 9.18 Å². The summed E-state index contributed by atoms with van der Waals surface area (Å²) in [5, 5.41) is 3.09. The molecule has 1 aromatic rings. The summed E-state index contributed by atoms with van der Waals surface area (Å²) in [5.41, 5.74) is 1.01. The van der Waals surface area contributed by atoms with Gasteiger partial charge in [-0.3, -0.25) is 4.79 Å². The first-order valence-corrected chi connectivity index (χ1v) is 7.20. The third kappa shape index (κ3) is 3.79. The molecule has 3 nitrogen and oxygen atoms in total. The third-order valence-corrected chi connectivity index (χ3v) is 3.82. The van der Waals surface area contributed by atoms with Crippen molar-refractivity contribution >= 4 is 5.91 Å². The molecule has 1 fully saturated rings. The third-order valence-electron chi connectivity index (χ3n) is 3.82. The molecule has 0 aliphatic carbocycles. The Bertz CT molecular complexity index is 475. The summed E-state index contributed by atoms with van der Waals surface area (Å²) < 4.78 is 13.3. The summed E-state index contributed by atoms with van der Waals surface area (Å²) in [7, 11) is 2.04. The maximum absolute atomic E-state index is 13.3. The van der Waals surface area contributed by atoms with Crippen LogP contribution < -0.4 is 5.32 Å². The zero-order valence-electron chi connectivity index (χ0n) is 12.4. The van der Waals surface area contributed by atoms with Gasteiger partial charge in [0, 0.05) is 25.0 Å². The number of rotatable bonds is 3. The van der Waals surface area contributed by atoms with Crippen molar-refractivity contribution in [3.05, 3.63) is 35.6 Å². The number of amides is 1. The van der Waals surface area contributed by atoms with Crippen molar-refractivity contribution in [2.24, 2.45) is 5.92 Å². The Hall–Kier alpha value is -1.42. The SMILES string of the molecule is CC(C)C(=O)NC1CC(c2cccc(F)c2)CN(C)C1. The fraction of sp³-hybridized carbons (Fsp3) is 0.562. The molecule has 1 saturated heterocycles. The Labute approximate surface area is 120 Å². The molecule has 4 heteroatoms. The summed E-state index contributed by atoms with van der Waals surface area (Å²) in [6, 6.07) is 6.92. The molecule has 20 heavy (non-hydrogen) atoms. The molecule has 1 aliphatic heterocycles. The molecule has 2 rings (SSSR count). The van der Waals surface area contributed by atoms with Gasteiger partial charge in [-0.15, -0.1) is 0 Å². The average molecular weight is 278 g/mol. The van der Waals surface area contributed by atoms with Gasteiger partial charge in [-0.2, -0.15) is 0 Å². The number of piperidine rings is 1. The van der Waals surface area contributed by atoms with Gasteiger partial charge in [0.1, 0.15) is 5.82 Å². The van der Waals surface area contributed by atoms with Gasteiger partial charge in [-0.1, -0.05) is 26.0 Å². The normalized spacial score (nSPS) is 23.9. The standard InChI is InChI=1S/C16H23FN2O/c1-11(2)16(20)18-15-8-13(9-19(3)10-15)12-5-4-6-14(17)7-12/h4-7,11,13,15H,8-10H2,1-3H3,(H,18,20). The minimum atomic E-state index is -0.196. The molecule has 0 saturated carbocycles. The van der Waals surface area contributed by atoms with Gasteiger partial charge in [0.05, 0.1) is 0 Å². The van der Waals surface area contributed by atoms with Crippen LogP contribution in [0.1, 0.15) is 31.7 Å². The summed E-state index contributed by atoms with van der Waals surface area (Å²) >= 11 is 0. The fourth-order valence-corrected chi connectivity index (χ4v) is 2.79. The van der Waals surface area contributed by atoms with Crippen LogP contribution in [0.2, 0.25) is 0 Å². The van der Waals surface area contributed by atoms with Gasteiger partial charge in [0.2, 0.25) is 5.91 Å². The van der Waals surface area contributed by atoms with Crippen molar-refractivity contribution in [1.29, 1.82) is 0 Å². The molecule has 0 radical (unpaired) electrons. The number of carbonyl (C=O) groups is 1. The topological polar surface area (TPSA) is 32.3 Å². The van der Waals surface area contributed by atoms with E-state index in [1.54, 1.807) is 12.1 Å². The van der Waals surface area contributed by atoms with Crippen LogP contribution in [-0.2, 0) is 4.79 Å². The number of nitrogens with zero attached hydrogens (tertiary/aromatic N) is 1. The van der Waals surface area contributed by atoms with E-state index in [0.29, 0.717) is 0 Å². The zero-order chi connectivity index (χ0) is 14.7. The smallest absolute Gasteiger partial charge is 0.222 e. The van der Waals surface area contributed by atoms with Crippen molar-refractivity contribution in [1.82, 2.24) is 10.2 Å². The number of likely N-dealkylation sites (N-methyl/N-ethyl adjacent to an activating group) is 1. The largest absolute Gasteiger partial charge is 0.352 e. The number of nitrogens with one attached hydrogen (secondary N) is 1. The molecule has 1 aliphatic rings. The van der Waals surface area contributed by atoms with Crippen LogP contribution in [0.15, 0.2) is 24.3 Å². The van der Waals surface area contributed by atoms with Crippen LogP contribution in [0.5, 0.6) is 0 Å². The number of hydrogen-bond acceptors (Lipinski definition) is 2. The molecule has 0 bridgehead atoms. The molecule has 1 aromatic carbocycles. The average Bonchev–Trinajstić information content (AvgIpc) is 2.37. The Morgan fingerprint density at radius 3 is 2.80 bits per heavy atom. The first kappa shape index (κ1) is 15.0. The number of hydrogen-bond donors (Lipinski definition) is 1. The highest BCUT2D eigenvalue weighted by molar-refractivity contribution is 5.78. The summed E-state index contributed by atoms with van der Waals surface area (Å²) in [6.07, 6.45) is 0.867. The van der Waals surface area contributed by atoms with E-state index in [-0.39, 0.29) is 29.6 Å². The van der Waals surface area contributed by atoms with E-state index in [1.807, 2.05) is 27.0 Å². The Morgan fingerprint density at radius 1 is 1.40 bits per heavy atom. The minimum absolute atomic E-state index is 0.00477. The van der Waals surface area contributed by atoms with Crippen molar-refractivity contribution < 1.29 is 9.18 Å². The maximum atomic E-state index is 13.3. The first-order valence-electron chi connectivity index (χ1n) is 7.20. The van der Waals surface area contributed by atoms with Crippen LogP contribution >= 0.6 is 0 Å². The molecule has 1 heterocycles. The van der Waals surface area contributed by atoms with Crippen molar-refractivity contribution in [3.8, 4) is 0 Å². The second kappa shape index (κ2) is 6.35. The van der Waals surface area contributed by atoms with Crippen molar-refractivity contribution in [2.75, 3.05) is 20.1 Å². The van der Waals surface area contributed by atoms with E-state index < -0.39 is 0 Å². The number of halogens is 1. The molecule has 110 valence electrons. The van der Waals surface area contributed by atoms with E-state index in [1.165, 1.54) is 6.07 Å². The molecule has 0 spiro atoms. The van der Waals surface area contributed by atoms with E-state index in [0.717, 1.165) is 25.1 Å². The van der Waals surface area contributed by atoms with Crippen molar-refractivity contribution in [2.45, 2.75) is 32.2 Å². The highest BCUT2D eigenvalue weighted by Gasteiger charge is 2.27. The summed E-state index contributed by atoms with van der Waals surface area (Å²) in [5.74, 6) is 0.151. The van der Waals surface area contributed by atoms with Crippen LogP contribution in [0.25, 0.3) is 0 Å². The van der Waals surface area contributed by atoms with Gasteiger partial charge in [-0.25, -0.2) is 4.39 Å². The quantitative estimate of drug-likeness (QED) is 0.920. The lowest BCUT2D eigenvalue weighted by Crippen LogP contribution is -2.49. The Balaban J connectivity index is 2.06. The second-order valence-corrected chi connectivity index (χ2v) is 6.07. The summed E-state index contributed by atoms with van der Waals surface area (Å²) in [6.45, 7) is 5.54. The first-order chi connectivity index (χ1) is 9.45. The van der Waals surface area contributed by atoms with Crippen LogP contribution in [0.4, 0.5) is 4.39 Å². The van der Waals surface area contributed by atoms with Crippen molar-refractivity contribution in [3.63, 3.8) is 0 Å². The molecule has 0 aromatic heterocycles. The molecular weight excluding hydrogens is 255 g/mol. The Kier molecular flexibility index (Phi) is 4.76. The fourth-order valence-electron chi connectivity index (χ4n) is 2.79. The van der Waals surface area contributed by atoms with Crippen LogP contribution in [-0.4, -0.2) is 37.0 Å². The van der Waals surface area contributed by atoms with E-state index >= 15 is 0 Å². The molecular formula is C16H23FN2O. The Morgan fingerprint density at radius 2 is 2.15 bits per heavy atom. The highest BCUT2D eigenvalue weighted by atomic mass is 19.1. The highest BCUT2D eigenvalue weighted by Crippen LogP contribution is 2.27. The van der Waals surface area contributed by atoms with E-state index in [4.69, 9.17) is 0 Å². The minimum Gasteiger partial charge on any atom is -0.352 e. The number of carbonyl (C=O) groups excluding carboxylic acids is 1. The van der Waals surface area contributed by atoms with Crippen LogP contribution in [0.3, 0.4) is 0 Å². The molecule has 1 amide bonds. The van der Waals surface area contributed by atoms with Gasteiger partial charge < -0.3 is 10.2 Å². The maximum Gasteiger partial charge on any atom is 0.222 e. The van der Waals surface area contributed by atoms with Crippen LogP contribution in [0, 0.1) is 11.7 Å². The second-order valence-electron chi connectivity index (χ2n) is 6.07. The zero-order valence-corrected chi connectivity index (χ0v) is 12.4. The van der Waals surface area contributed by atoms with Gasteiger partial charge in [-0.05, 0) is 37.1 Å². The molecule has 1 N–H and O–H groups in total. The van der Waals surface area contributed by atoms with Gasteiger partial charge >= 0.3 is 0 Å². The number of benzene rings is 1. The van der Waals surface area contributed by atoms with E-state index in [2.05, 4.69) is 10.2 Å². The van der Waals surface area contributed by atoms with Gasteiger partial charge in [0.15, 0.2) is 0 Å². The monoisotopic (exact) mass is 278 g/mol. The molecule has 2 unspecified atom stereocenters. The molecule has 2 atom stereocenters. The summed E-state index contributed by atoms with van der Waals surface area (Å²) in [4.78, 5) is 14.0. The van der Waals surface area contributed by atoms with Gasteiger partial charge in [0.25, 0.3) is 0 Å². The number of likely N-dealkylation sites (tertiary alicyclic amines) is 1. The predicted octanol–water partition coefficient (Wildman–Crippen LogP) is 2.39. The lowest BCUT2D eigenvalue weighted by Gasteiger charge is -2.36. The lowest BCUT2D eigenvalue weighted by molar-refractivity contribution is -0.125. The lowest BCUT2D eigenvalue weighted by atomic mass is 9.88.